The summed E-state index contributed by atoms with van der Waals surface area (Å²) in [6.07, 6.45) is 5.38. The summed E-state index contributed by atoms with van der Waals surface area (Å²) >= 11 is 0. The Morgan fingerprint density at radius 1 is 1.47 bits per heavy atom. The van der Waals surface area contributed by atoms with Gasteiger partial charge in [-0.25, -0.2) is 4.79 Å². The molecular formula is C13H21NO3. The minimum Gasteiger partial charge on any atom is -0.444 e. The molecule has 0 radical (unpaired) electrons. The average molecular weight is 239 g/mol. The molecule has 4 nitrogen and oxygen atoms in total. The van der Waals surface area contributed by atoms with Crippen LogP contribution in [-0.2, 0) is 9.53 Å². The lowest BCUT2D eigenvalue weighted by Gasteiger charge is -2.31. The lowest BCUT2D eigenvalue weighted by molar-refractivity contribution is -0.113. The van der Waals surface area contributed by atoms with Crippen LogP contribution in [0.3, 0.4) is 0 Å². The van der Waals surface area contributed by atoms with E-state index in [4.69, 9.17) is 11.2 Å². The number of terminal acetylenes is 1. The summed E-state index contributed by atoms with van der Waals surface area (Å²) in [7, 11) is 0. The molecule has 0 aromatic carbocycles. The molecule has 0 saturated carbocycles. The van der Waals surface area contributed by atoms with E-state index >= 15 is 0 Å². The molecule has 96 valence electrons. The third kappa shape index (κ3) is 5.39. The highest BCUT2D eigenvalue weighted by Crippen LogP contribution is 2.14. The summed E-state index contributed by atoms with van der Waals surface area (Å²) in [6.45, 7) is 9.08. The molecule has 0 spiro atoms. The Labute approximate surface area is 103 Å². The van der Waals surface area contributed by atoms with Crippen LogP contribution in [0.15, 0.2) is 0 Å². The van der Waals surface area contributed by atoms with Crippen molar-refractivity contribution in [3.8, 4) is 12.3 Å². The molecule has 4 heteroatoms. The number of amides is 1. The highest BCUT2D eigenvalue weighted by molar-refractivity contribution is 5.74. The van der Waals surface area contributed by atoms with Gasteiger partial charge in [0.2, 0.25) is 0 Å². The maximum Gasteiger partial charge on any atom is 0.411 e. The van der Waals surface area contributed by atoms with Crippen LogP contribution in [0.5, 0.6) is 0 Å². The van der Waals surface area contributed by atoms with E-state index in [-0.39, 0.29) is 12.5 Å². The van der Waals surface area contributed by atoms with Crippen LogP contribution in [0.25, 0.3) is 0 Å². The zero-order valence-corrected chi connectivity index (χ0v) is 11.2. The standard InChI is InChI=1S/C13H21NO3/c1-7-8-14(11(9-15)10(2)3)12(16)17-13(4,5)6/h1,9-11H,8H2,2-6H3/t11-/m1/s1. The third-order valence-corrected chi connectivity index (χ3v) is 2.07. The van der Waals surface area contributed by atoms with Crippen molar-refractivity contribution in [1.82, 2.24) is 4.90 Å². The van der Waals surface area contributed by atoms with Crippen molar-refractivity contribution < 1.29 is 14.3 Å². The summed E-state index contributed by atoms with van der Waals surface area (Å²) < 4.78 is 5.22. The molecule has 0 rings (SSSR count). The second-order valence-corrected chi connectivity index (χ2v) is 5.18. The van der Waals surface area contributed by atoms with Gasteiger partial charge in [0, 0.05) is 0 Å². The minimum absolute atomic E-state index is 0.00614. The molecule has 0 aromatic rings. The number of rotatable bonds is 4. The van der Waals surface area contributed by atoms with E-state index in [2.05, 4.69) is 5.92 Å². The molecule has 0 N–H and O–H groups in total. The number of nitrogens with zero attached hydrogens (tertiary/aromatic N) is 1. The van der Waals surface area contributed by atoms with Crippen molar-refractivity contribution in [2.45, 2.75) is 46.3 Å². The first kappa shape index (κ1) is 15.5. The van der Waals surface area contributed by atoms with Crippen molar-refractivity contribution in [1.29, 1.82) is 0 Å². The topological polar surface area (TPSA) is 46.6 Å². The number of carbonyl (C=O) groups excluding carboxylic acids is 2. The first-order chi connectivity index (χ1) is 7.72. The predicted octanol–water partition coefficient (Wildman–Crippen LogP) is 2.08. The fraction of sp³-hybridized carbons (Fsp3) is 0.692. The Morgan fingerprint density at radius 2 is 2.00 bits per heavy atom. The zero-order chi connectivity index (χ0) is 13.6. The molecule has 0 saturated heterocycles. The van der Waals surface area contributed by atoms with Gasteiger partial charge in [0.25, 0.3) is 0 Å². The van der Waals surface area contributed by atoms with Crippen molar-refractivity contribution in [3.63, 3.8) is 0 Å². The number of hydrogen-bond donors (Lipinski definition) is 0. The molecule has 0 aromatic heterocycles. The van der Waals surface area contributed by atoms with E-state index in [1.54, 1.807) is 20.8 Å². The van der Waals surface area contributed by atoms with Crippen LogP contribution in [0, 0.1) is 18.3 Å². The SMILES string of the molecule is C#CCN(C(=O)OC(C)(C)C)[C@H](C=O)C(C)C. The van der Waals surface area contributed by atoms with Crippen LogP contribution >= 0.6 is 0 Å². The number of carbonyl (C=O) groups is 2. The van der Waals surface area contributed by atoms with Gasteiger partial charge in [-0.05, 0) is 26.7 Å². The van der Waals surface area contributed by atoms with E-state index in [1.807, 2.05) is 13.8 Å². The van der Waals surface area contributed by atoms with Gasteiger partial charge in [0.1, 0.15) is 11.9 Å². The number of hydrogen-bond acceptors (Lipinski definition) is 3. The summed E-state index contributed by atoms with van der Waals surface area (Å²) in [5.74, 6) is 2.36. The van der Waals surface area contributed by atoms with E-state index < -0.39 is 17.7 Å². The summed E-state index contributed by atoms with van der Waals surface area (Å²) in [5.41, 5.74) is -0.603. The monoisotopic (exact) mass is 239 g/mol. The Bertz CT molecular complexity index is 310. The molecule has 0 unspecified atom stereocenters. The minimum atomic E-state index is -0.603. The van der Waals surface area contributed by atoms with E-state index in [0.717, 1.165) is 6.29 Å². The van der Waals surface area contributed by atoms with Crippen molar-refractivity contribution in [2.24, 2.45) is 5.92 Å². The van der Waals surface area contributed by atoms with Gasteiger partial charge in [-0.3, -0.25) is 4.90 Å². The summed E-state index contributed by atoms with van der Waals surface area (Å²) in [4.78, 5) is 24.2. The lowest BCUT2D eigenvalue weighted by atomic mass is 10.0. The fourth-order valence-electron chi connectivity index (χ4n) is 1.30. The molecule has 1 amide bonds. The van der Waals surface area contributed by atoms with Crippen molar-refractivity contribution in [3.05, 3.63) is 0 Å². The van der Waals surface area contributed by atoms with E-state index in [1.165, 1.54) is 4.90 Å². The molecule has 0 aliphatic heterocycles. The van der Waals surface area contributed by atoms with Gasteiger partial charge in [0.15, 0.2) is 0 Å². The van der Waals surface area contributed by atoms with Crippen LogP contribution in [0.4, 0.5) is 4.79 Å². The van der Waals surface area contributed by atoms with Gasteiger partial charge < -0.3 is 9.53 Å². The highest BCUT2D eigenvalue weighted by Gasteiger charge is 2.29. The Balaban J connectivity index is 4.90. The van der Waals surface area contributed by atoms with E-state index in [9.17, 15) is 9.59 Å². The Kier molecular flexibility index (Phi) is 5.73. The fourth-order valence-corrected chi connectivity index (χ4v) is 1.30. The molecule has 0 heterocycles. The molecule has 1 atom stereocenters. The maximum absolute atomic E-state index is 11.9. The van der Waals surface area contributed by atoms with Crippen LogP contribution in [-0.4, -0.2) is 35.5 Å². The highest BCUT2D eigenvalue weighted by atomic mass is 16.6. The van der Waals surface area contributed by atoms with Gasteiger partial charge in [-0.15, -0.1) is 6.42 Å². The van der Waals surface area contributed by atoms with Gasteiger partial charge in [-0.1, -0.05) is 19.8 Å². The largest absolute Gasteiger partial charge is 0.444 e. The number of ether oxygens (including phenoxy) is 1. The first-order valence-electron chi connectivity index (χ1n) is 5.61. The summed E-state index contributed by atoms with van der Waals surface area (Å²) in [6, 6.07) is -0.555. The average Bonchev–Trinajstić information content (AvgIpc) is 2.14. The first-order valence-corrected chi connectivity index (χ1v) is 5.61. The Hall–Kier alpha value is -1.50. The van der Waals surface area contributed by atoms with Crippen LogP contribution in [0.2, 0.25) is 0 Å². The lowest BCUT2D eigenvalue weighted by Crippen LogP contribution is -2.46. The van der Waals surface area contributed by atoms with Gasteiger partial charge in [-0.2, -0.15) is 0 Å². The smallest absolute Gasteiger partial charge is 0.411 e. The molecule has 0 aliphatic rings. The molecule has 0 bridgehead atoms. The normalized spacial score (nSPS) is 12.8. The van der Waals surface area contributed by atoms with Gasteiger partial charge in [0.05, 0.1) is 12.6 Å². The predicted molar refractivity (Wildman–Crippen MR) is 66.5 cm³/mol. The third-order valence-electron chi connectivity index (χ3n) is 2.07. The molecular weight excluding hydrogens is 218 g/mol. The second-order valence-electron chi connectivity index (χ2n) is 5.18. The Morgan fingerprint density at radius 3 is 2.29 bits per heavy atom. The zero-order valence-electron chi connectivity index (χ0n) is 11.2. The maximum atomic E-state index is 11.9. The van der Waals surface area contributed by atoms with Crippen LogP contribution in [0.1, 0.15) is 34.6 Å². The van der Waals surface area contributed by atoms with Crippen LogP contribution < -0.4 is 0 Å². The van der Waals surface area contributed by atoms with Crippen molar-refractivity contribution >= 4 is 12.4 Å². The quantitative estimate of drug-likeness (QED) is 0.557. The second kappa shape index (κ2) is 6.29. The van der Waals surface area contributed by atoms with E-state index in [0.29, 0.717) is 0 Å². The number of aldehydes is 1. The van der Waals surface area contributed by atoms with Gasteiger partial charge >= 0.3 is 6.09 Å². The molecule has 0 aliphatic carbocycles. The molecule has 17 heavy (non-hydrogen) atoms. The summed E-state index contributed by atoms with van der Waals surface area (Å²) in [5, 5.41) is 0. The van der Waals surface area contributed by atoms with Crippen molar-refractivity contribution in [2.75, 3.05) is 6.54 Å². The molecule has 0 fully saturated rings.